The van der Waals surface area contributed by atoms with Gasteiger partial charge in [-0.1, -0.05) is 30.3 Å². The molecule has 0 spiro atoms. The summed E-state index contributed by atoms with van der Waals surface area (Å²) in [6.45, 7) is 2.47. The molecule has 2 aromatic carbocycles. The van der Waals surface area contributed by atoms with Crippen molar-refractivity contribution in [2.75, 3.05) is 19.4 Å². The molecule has 1 unspecified atom stereocenters. The molecule has 0 aliphatic rings. The quantitative estimate of drug-likeness (QED) is 0.470. The minimum atomic E-state index is -0.338. The van der Waals surface area contributed by atoms with Crippen LogP contribution < -0.4 is 10.6 Å². The maximum absolute atomic E-state index is 13.4. The van der Waals surface area contributed by atoms with Crippen molar-refractivity contribution in [3.05, 3.63) is 83.9 Å². The smallest absolute Gasteiger partial charge is 0.320 e. The number of urea groups is 1. The summed E-state index contributed by atoms with van der Waals surface area (Å²) in [5.74, 6) is 0.129. The molecule has 1 atom stereocenters. The van der Waals surface area contributed by atoms with Crippen LogP contribution in [0.5, 0.6) is 0 Å². The molecular formula is C24H25FN6O. The molecule has 8 heteroatoms. The number of hydrogen-bond acceptors (Lipinski definition) is 4. The zero-order chi connectivity index (χ0) is 22.7. The van der Waals surface area contributed by atoms with Gasteiger partial charge in [-0.15, -0.1) is 0 Å². The number of hydrogen-bond donors (Lipinski definition) is 2. The first-order valence-electron chi connectivity index (χ1n) is 10.3. The summed E-state index contributed by atoms with van der Waals surface area (Å²) in [5.41, 5.74) is 3.31. The fourth-order valence-electron chi connectivity index (χ4n) is 3.56. The normalized spacial score (nSPS) is 12.2. The zero-order valence-corrected chi connectivity index (χ0v) is 18.2. The van der Waals surface area contributed by atoms with Crippen LogP contribution in [-0.2, 0) is 6.54 Å². The van der Waals surface area contributed by atoms with Crippen LogP contribution in [0.2, 0.25) is 0 Å². The molecule has 0 bridgehead atoms. The van der Waals surface area contributed by atoms with Gasteiger partial charge in [-0.05, 0) is 56.9 Å². The van der Waals surface area contributed by atoms with E-state index in [2.05, 4.69) is 20.7 Å². The number of anilines is 1. The minimum Gasteiger partial charge on any atom is -0.331 e. The number of rotatable bonds is 6. The van der Waals surface area contributed by atoms with Crippen LogP contribution >= 0.6 is 0 Å². The molecule has 2 amide bonds. The second kappa shape index (κ2) is 9.15. The number of nitrogens with zero attached hydrogens (tertiary/aromatic N) is 4. The summed E-state index contributed by atoms with van der Waals surface area (Å²) in [6.07, 6.45) is 1.72. The fraction of sp³-hybridized carbons (Fsp3) is 0.208. The molecule has 0 radical (unpaired) electrons. The Balaban J connectivity index is 1.63. The molecule has 164 valence electrons. The molecule has 0 saturated heterocycles. The number of fused-ring (bicyclic) bond motifs is 1. The first-order valence-corrected chi connectivity index (χ1v) is 10.3. The van der Waals surface area contributed by atoms with Gasteiger partial charge in [0.2, 0.25) is 0 Å². The van der Waals surface area contributed by atoms with Crippen molar-refractivity contribution in [3.63, 3.8) is 0 Å². The third-order valence-corrected chi connectivity index (χ3v) is 5.04. The van der Waals surface area contributed by atoms with Gasteiger partial charge < -0.3 is 10.2 Å². The number of pyridine rings is 1. The lowest BCUT2D eigenvalue weighted by molar-refractivity contribution is 0.249. The van der Waals surface area contributed by atoms with Crippen molar-refractivity contribution in [2.24, 2.45) is 0 Å². The summed E-state index contributed by atoms with van der Waals surface area (Å²) >= 11 is 0. The number of nitrogens with one attached hydrogen (secondary N) is 2. The monoisotopic (exact) mass is 432 g/mol. The first kappa shape index (κ1) is 21.5. The molecule has 0 aliphatic carbocycles. The van der Waals surface area contributed by atoms with Gasteiger partial charge in [0, 0.05) is 11.9 Å². The second-order valence-corrected chi connectivity index (χ2v) is 7.89. The number of benzene rings is 2. The highest BCUT2D eigenvalue weighted by molar-refractivity contribution is 5.92. The molecule has 4 aromatic rings. The number of amides is 2. The summed E-state index contributed by atoms with van der Waals surface area (Å²) in [6, 6.07) is 17.2. The fourth-order valence-corrected chi connectivity index (χ4v) is 3.56. The Hall–Kier alpha value is -3.78. The van der Waals surface area contributed by atoms with Gasteiger partial charge in [-0.2, -0.15) is 5.10 Å². The van der Waals surface area contributed by atoms with E-state index in [0.29, 0.717) is 12.4 Å². The zero-order valence-electron chi connectivity index (χ0n) is 18.2. The van der Waals surface area contributed by atoms with E-state index in [1.807, 2.05) is 56.3 Å². The van der Waals surface area contributed by atoms with E-state index < -0.39 is 0 Å². The maximum atomic E-state index is 13.4. The molecule has 4 rings (SSSR count). The van der Waals surface area contributed by atoms with Crippen LogP contribution in [0.15, 0.2) is 66.9 Å². The van der Waals surface area contributed by atoms with Crippen molar-refractivity contribution in [2.45, 2.75) is 19.5 Å². The van der Waals surface area contributed by atoms with Gasteiger partial charge in [0.1, 0.15) is 11.6 Å². The Kier molecular flexibility index (Phi) is 6.13. The largest absolute Gasteiger partial charge is 0.331 e. The first-order chi connectivity index (χ1) is 15.4. The highest BCUT2D eigenvalue weighted by Crippen LogP contribution is 2.25. The second-order valence-electron chi connectivity index (χ2n) is 7.89. The molecule has 0 fully saturated rings. The van der Waals surface area contributed by atoms with Gasteiger partial charge in [0.15, 0.2) is 0 Å². The molecule has 2 aromatic heterocycles. The van der Waals surface area contributed by atoms with Crippen LogP contribution in [0.25, 0.3) is 16.6 Å². The molecule has 2 N–H and O–H groups in total. The van der Waals surface area contributed by atoms with Crippen molar-refractivity contribution in [3.8, 4) is 5.69 Å². The average Bonchev–Trinajstić information content (AvgIpc) is 3.18. The highest BCUT2D eigenvalue weighted by atomic mass is 19.1. The van der Waals surface area contributed by atoms with E-state index in [4.69, 9.17) is 0 Å². The van der Waals surface area contributed by atoms with Crippen LogP contribution in [-0.4, -0.2) is 39.8 Å². The number of halogens is 1. The Labute approximate surface area is 185 Å². The highest BCUT2D eigenvalue weighted by Gasteiger charge is 2.16. The van der Waals surface area contributed by atoms with Crippen LogP contribution in [0.4, 0.5) is 15.0 Å². The van der Waals surface area contributed by atoms with E-state index >= 15 is 0 Å². The van der Waals surface area contributed by atoms with Gasteiger partial charge in [0.25, 0.3) is 0 Å². The summed E-state index contributed by atoms with van der Waals surface area (Å²) < 4.78 is 15.1. The van der Waals surface area contributed by atoms with E-state index in [0.717, 1.165) is 27.8 Å². The minimum absolute atomic E-state index is 0.151. The van der Waals surface area contributed by atoms with Crippen molar-refractivity contribution in [1.29, 1.82) is 0 Å². The standard InChI is InChI=1S/C24H25FN6O/c1-16(17-7-5-4-6-8-17)27-24(32)29-22-13-18-14-26-31(20-11-9-19(25)10-12-20)23(18)21(28-22)15-30(2)3/h4-14,16H,15H2,1-3H3,(H2,27,28,29,32). The number of aromatic nitrogens is 3. The Morgan fingerprint density at radius 1 is 1.12 bits per heavy atom. The van der Waals surface area contributed by atoms with Crippen LogP contribution in [0.3, 0.4) is 0 Å². The van der Waals surface area contributed by atoms with Gasteiger partial charge >= 0.3 is 6.03 Å². The molecular weight excluding hydrogens is 407 g/mol. The lowest BCUT2D eigenvalue weighted by Gasteiger charge is -2.16. The van der Waals surface area contributed by atoms with Crippen molar-refractivity contribution < 1.29 is 9.18 Å². The summed E-state index contributed by atoms with van der Waals surface area (Å²) in [7, 11) is 3.89. The van der Waals surface area contributed by atoms with Crippen molar-refractivity contribution in [1.82, 2.24) is 25.0 Å². The summed E-state index contributed by atoms with van der Waals surface area (Å²) in [5, 5.41) is 11.1. The topological polar surface area (TPSA) is 75.1 Å². The Bertz CT molecular complexity index is 1220. The lowest BCUT2D eigenvalue weighted by Crippen LogP contribution is -2.31. The number of carbonyl (C=O) groups excluding carboxylic acids is 1. The predicted octanol–water partition coefficient (Wildman–Crippen LogP) is 4.50. The molecule has 7 nitrogen and oxygen atoms in total. The third kappa shape index (κ3) is 4.76. The number of carbonyl (C=O) groups is 1. The summed E-state index contributed by atoms with van der Waals surface area (Å²) in [4.78, 5) is 19.3. The molecule has 2 heterocycles. The maximum Gasteiger partial charge on any atom is 0.320 e. The third-order valence-electron chi connectivity index (χ3n) is 5.04. The van der Waals surface area contributed by atoms with Crippen molar-refractivity contribution >= 4 is 22.8 Å². The Morgan fingerprint density at radius 2 is 1.84 bits per heavy atom. The molecule has 32 heavy (non-hydrogen) atoms. The predicted molar refractivity (Wildman–Crippen MR) is 123 cm³/mol. The average molecular weight is 433 g/mol. The van der Waals surface area contributed by atoms with Gasteiger partial charge in [-0.3, -0.25) is 5.32 Å². The van der Waals surface area contributed by atoms with E-state index in [-0.39, 0.29) is 17.9 Å². The van der Waals surface area contributed by atoms with Crippen LogP contribution in [0, 0.1) is 5.82 Å². The lowest BCUT2D eigenvalue weighted by atomic mass is 10.1. The van der Waals surface area contributed by atoms with E-state index in [1.54, 1.807) is 29.1 Å². The van der Waals surface area contributed by atoms with E-state index in [1.165, 1.54) is 12.1 Å². The molecule has 0 saturated carbocycles. The van der Waals surface area contributed by atoms with Gasteiger partial charge in [0.05, 0.1) is 29.1 Å². The SMILES string of the molecule is CC(NC(=O)Nc1cc2cnn(-c3ccc(F)cc3)c2c(CN(C)C)n1)c1ccccc1. The Morgan fingerprint density at radius 3 is 2.53 bits per heavy atom. The van der Waals surface area contributed by atoms with Gasteiger partial charge in [-0.25, -0.2) is 18.9 Å². The van der Waals surface area contributed by atoms with E-state index in [9.17, 15) is 9.18 Å². The molecule has 0 aliphatic heterocycles. The van der Waals surface area contributed by atoms with Crippen LogP contribution in [0.1, 0.15) is 24.2 Å².